The summed E-state index contributed by atoms with van der Waals surface area (Å²) in [6, 6.07) is 11.0. The molecule has 5 N–H and O–H groups in total. The lowest BCUT2D eigenvalue weighted by Crippen LogP contribution is -2.16. The fraction of sp³-hybridized carbons (Fsp3) is 0.0476. The van der Waals surface area contributed by atoms with Crippen LogP contribution in [-0.2, 0) is 20.0 Å². The number of nitrogen functional groups attached to an aromatic ring is 1. The Morgan fingerprint density at radius 1 is 0.970 bits per heavy atom. The molecule has 0 atom stereocenters. The molecule has 0 amide bonds. The maximum atomic E-state index is 12.5. The summed E-state index contributed by atoms with van der Waals surface area (Å²) in [5, 5.41) is 17.2. The van der Waals surface area contributed by atoms with Crippen molar-refractivity contribution in [2.24, 2.45) is 0 Å². The molecule has 1 aliphatic carbocycles. The van der Waals surface area contributed by atoms with Crippen molar-refractivity contribution >= 4 is 42.6 Å². The van der Waals surface area contributed by atoms with Crippen LogP contribution < -0.4 is 11.1 Å². The van der Waals surface area contributed by atoms with E-state index in [1.807, 2.05) is 0 Å². The van der Waals surface area contributed by atoms with Crippen LogP contribution in [0.5, 0.6) is 0 Å². The second-order valence-electron chi connectivity index (χ2n) is 7.25. The number of carbonyl (C=O) groups is 1. The molecular formula is C21H16N2O8S2. The molecular weight excluding hydrogens is 472 g/mol. The van der Waals surface area contributed by atoms with E-state index in [1.54, 1.807) is 6.07 Å². The van der Waals surface area contributed by atoms with Gasteiger partial charge in [-0.1, -0.05) is 18.2 Å². The Morgan fingerprint density at radius 3 is 2.24 bits per heavy atom. The Balaban J connectivity index is 2.40. The second-order valence-corrected chi connectivity index (χ2v) is 10.6. The predicted octanol–water partition coefficient (Wildman–Crippen LogP) is 2.61. The van der Waals surface area contributed by atoms with Crippen molar-refractivity contribution < 1.29 is 35.7 Å². The second kappa shape index (κ2) is 7.40. The zero-order chi connectivity index (χ0) is 24.3. The van der Waals surface area contributed by atoms with E-state index in [9.17, 15) is 31.3 Å². The van der Waals surface area contributed by atoms with Crippen molar-refractivity contribution in [3.8, 4) is 22.5 Å². The Morgan fingerprint density at radius 2 is 1.64 bits per heavy atom. The van der Waals surface area contributed by atoms with Crippen LogP contribution in [0.3, 0.4) is 0 Å². The van der Waals surface area contributed by atoms with Crippen LogP contribution in [-0.4, -0.2) is 38.7 Å². The lowest BCUT2D eigenvalue weighted by molar-refractivity contribution is 0.0697. The van der Waals surface area contributed by atoms with Crippen LogP contribution in [0.4, 0.5) is 5.69 Å². The van der Waals surface area contributed by atoms with E-state index in [0.29, 0.717) is 0 Å². The molecule has 0 unspecified atom stereocenters. The number of carboxylic acid groups (broad SMARTS) is 1. The molecule has 2 aromatic rings. The third-order valence-corrected chi connectivity index (χ3v) is 7.14. The van der Waals surface area contributed by atoms with E-state index in [2.05, 4.69) is 0 Å². The average molecular weight is 488 g/mol. The van der Waals surface area contributed by atoms with E-state index >= 15 is 0 Å². The number of aromatic carboxylic acids is 1. The summed E-state index contributed by atoms with van der Waals surface area (Å²) in [6.07, 6.45) is 0.882. The van der Waals surface area contributed by atoms with Crippen molar-refractivity contribution in [3.63, 3.8) is 0 Å². The number of hydrogen-bond donors (Lipinski definition) is 4. The largest absolute Gasteiger partial charge is 0.478 e. The molecule has 33 heavy (non-hydrogen) atoms. The van der Waals surface area contributed by atoms with Gasteiger partial charge in [-0.25, -0.2) is 13.2 Å². The topological polar surface area (TPSA) is 189 Å². The SMILES string of the molecule is CS(=O)(=O)c1c(N)ccc2c(-c3ccccc3C(=O)O)c3ccc(=N)c(S(=O)(=O)O)c-3oc12. The zero-order valence-electron chi connectivity index (χ0n) is 16.9. The summed E-state index contributed by atoms with van der Waals surface area (Å²) >= 11 is 0. The van der Waals surface area contributed by atoms with Crippen molar-refractivity contribution in [1.29, 1.82) is 5.41 Å². The first kappa shape index (κ1) is 22.5. The van der Waals surface area contributed by atoms with Crippen molar-refractivity contribution in [3.05, 3.63) is 59.5 Å². The van der Waals surface area contributed by atoms with E-state index in [-0.39, 0.29) is 38.9 Å². The van der Waals surface area contributed by atoms with E-state index < -0.39 is 46.8 Å². The van der Waals surface area contributed by atoms with Gasteiger partial charge in [0.1, 0.15) is 4.90 Å². The number of fused-ring (bicyclic) bond motifs is 2. The van der Waals surface area contributed by atoms with Gasteiger partial charge in [-0.05, 0) is 35.9 Å². The van der Waals surface area contributed by atoms with Gasteiger partial charge >= 0.3 is 5.97 Å². The number of nitrogens with two attached hydrogens (primary N) is 1. The molecule has 0 saturated carbocycles. The standard InChI is InChI=1S/C21H16N2O8S2/c1-32(26,27)19-14(22)8-6-12-16(10-4-2-3-5-11(10)21(24)25)13-7-9-15(23)20(33(28,29)30)18(13)31-17(12)19/h2-9,23H,22H2,1H3,(H,24,25)(H,28,29,30). The van der Waals surface area contributed by atoms with Crippen molar-refractivity contribution in [2.75, 3.05) is 12.0 Å². The van der Waals surface area contributed by atoms with Crippen LogP contribution >= 0.6 is 0 Å². The highest BCUT2D eigenvalue weighted by atomic mass is 32.2. The molecule has 2 aliphatic rings. The molecule has 0 bridgehead atoms. The van der Waals surface area contributed by atoms with E-state index in [1.165, 1.54) is 36.4 Å². The van der Waals surface area contributed by atoms with Gasteiger partial charge in [0.25, 0.3) is 10.1 Å². The lowest BCUT2D eigenvalue weighted by atomic mass is 9.90. The average Bonchev–Trinajstić information content (AvgIpc) is 2.69. The summed E-state index contributed by atoms with van der Waals surface area (Å²) in [5.74, 6) is -1.79. The van der Waals surface area contributed by atoms with Gasteiger partial charge in [0.05, 0.1) is 16.6 Å². The Labute approximate surface area is 187 Å². The molecule has 170 valence electrons. The summed E-state index contributed by atoms with van der Waals surface area (Å²) in [5.41, 5.74) is 5.56. The third-order valence-electron chi connectivity index (χ3n) is 5.05. The van der Waals surface area contributed by atoms with Gasteiger partial charge in [0.2, 0.25) is 0 Å². The molecule has 0 aromatic heterocycles. The molecule has 0 spiro atoms. The minimum absolute atomic E-state index is 0.0454. The predicted molar refractivity (Wildman–Crippen MR) is 118 cm³/mol. The smallest absolute Gasteiger partial charge is 0.336 e. The van der Waals surface area contributed by atoms with Crippen molar-refractivity contribution in [2.45, 2.75) is 9.79 Å². The van der Waals surface area contributed by atoms with Gasteiger partial charge in [0.15, 0.2) is 26.1 Å². The number of rotatable bonds is 4. The minimum Gasteiger partial charge on any atom is -0.478 e. The van der Waals surface area contributed by atoms with Crippen LogP contribution in [0.2, 0.25) is 0 Å². The summed E-state index contributed by atoms with van der Waals surface area (Å²) < 4.78 is 64.8. The number of benzene rings is 3. The number of carboxylic acids is 1. The molecule has 2 aromatic carbocycles. The lowest BCUT2D eigenvalue weighted by Gasteiger charge is -2.20. The Bertz CT molecular complexity index is 1720. The van der Waals surface area contributed by atoms with Gasteiger partial charge in [0, 0.05) is 22.8 Å². The molecule has 0 radical (unpaired) electrons. The Hall–Kier alpha value is -3.74. The first-order valence-corrected chi connectivity index (χ1v) is 12.5. The quantitative estimate of drug-likeness (QED) is 0.190. The molecule has 0 fully saturated rings. The third kappa shape index (κ3) is 3.63. The van der Waals surface area contributed by atoms with E-state index in [0.717, 1.165) is 12.3 Å². The normalized spacial score (nSPS) is 12.3. The fourth-order valence-corrected chi connectivity index (χ4v) is 5.52. The minimum atomic E-state index is -4.99. The van der Waals surface area contributed by atoms with Gasteiger partial charge in [-0.3, -0.25) is 9.96 Å². The maximum absolute atomic E-state index is 12.5. The number of anilines is 1. The number of sulfone groups is 1. The Kier molecular flexibility index (Phi) is 5.04. The summed E-state index contributed by atoms with van der Waals surface area (Å²) in [4.78, 5) is 10.6. The monoisotopic (exact) mass is 488 g/mol. The molecule has 0 saturated heterocycles. The first-order valence-electron chi connectivity index (χ1n) is 9.19. The molecule has 4 rings (SSSR count). The van der Waals surface area contributed by atoms with E-state index in [4.69, 9.17) is 15.6 Å². The zero-order valence-corrected chi connectivity index (χ0v) is 18.5. The fourth-order valence-electron chi connectivity index (χ4n) is 3.80. The number of nitrogens with one attached hydrogen (secondary N) is 1. The van der Waals surface area contributed by atoms with Gasteiger partial charge in [-0.2, -0.15) is 8.42 Å². The molecule has 12 heteroatoms. The highest BCUT2D eigenvalue weighted by molar-refractivity contribution is 7.91. The van der Waals surface area contributed by atoms with Crippen LogP contribution in [0, 0.1) is 5.41 Å². The first-order chi connectivity index (χ1) is 15.3. The van der Waals surface area contributed by atoms with Crippen molar-refractivity contribution in [1.82, 2.24) is 0 Å². The van der Waals surface area contributed by atoms with Crippen LogP contribution in [0.1, 0.15) is 10.4 Å². The van der Waals surface area contributed by atoms with Crippen LogP contribution in [0.25, 0.3) is 33.4 Å². The highest BCUT2D eigenvalue weighted by Gasteiger charge is 2.30. The molecule has 1 heterocycles. The summed E-state index contributed by atoms with van der Waals surface area (Å²) in [6.45, 7) is 0. The maximum Gasteiger partial charge on any atom is 0.336 e. The molecule has 10 nitrogen and oxygen atoms in total. The van der Waals surface area contributed by atoms with Gasteiger partial charge in [-0.15, -0.1) is 0 Å². The van der Waals surface area contributed by atoms with Crippen LogP contribution in [0.15, 0.2) is 62.7 Å². The highest BCUT2D eigenvalue weighted by Crippen LogP contribution is 2.45. The molecule has 1 aliphatic heterocycles. The van der Waals surface area contributed by atoms with Gasteiger partial charge < -0.3 is 15.3 Å². The summed E-state index contributed by atoms with van der Waals surface area (Å²) in [7, 11) is -9.00. The number of hydrogen-bond acceptors (Lipinski definition) is 8.